The third-order valence-corrected chi connectivity index (χ3v) is 29.8. The van der Waals surface area contributed by atoms with Gasteiger partial charge in [-0.05, 0) is 238 Å². The van der Waals surface area contributed by atoms with Gasteiger partial charge in [-0.1, -0.05) is 170 Å². The van der Waals surface area contributed by atoms with E-state index in [0.29, 0.717) is 117 Å². The van der Waals surface area contributed by atoms with Crippen molar-refractivity contribution >= 4 is 69.4 Å². The minimum atomic E-state index is -0.427. The van der Waals surface area contributed by atoms with Gasteiger partial charge in [-0.3, -0.25) is 38.4 Å². The number of ketones is 4. The predicted molar refractivity (Wildman–Crippen MR) is 555 cm³/mol. The number of fused-ring (bicyclic) bond motifs is 4. The molecule has 0 bridgehead atoms. The van der Waals surface area contributed by atoms with Gasteiger partial charge in [0.1, 0.15) is 57.5 Å². The Balaban J connectivity index is 0.000000132. The number of hydrogen-bond donors (Lipinski definition) is 0. The lowest BCUT2D eigenvalue weighted by atomic mass is 10.0. The number of likely N-dealkylation sites (tertiary alicyclic amines) is 4. The smallest absolute Gasteiger partial charge is 0.272 e. The highest BCUT2D eigenvalue weighted by atomic mass is 19.1. The standard InChI is InChI=1S/C31H33FN4O2.C29H35FN4O3.C29H36N4O2.C28H34N4O2/c1-3-26-19-29(31(38)35-15-6-4-5-8-21(35)2)33-30-20-28(34-36(26)30)24-13-11-22(12-14-24)17-27(37)18-23-9-7-10-25(32)16-23;1-3-21-17-27(29(36)33-13-5-4-7-19(33)2)31-28-18-26(32-34(21)28)24-12-9-20(16-25(24)30)15-22(35)10-11-23-8-6-14-37-23;1-3-24-18-27(29(35)32-16-6-4-5-7-20(32)2)30-28-19-26(31-33(24)28)23-13-10-22(11-14-23)17-25(34)15-12-21-8-9-21;1-3-23-17-26(28(34)31-14-6-4-5-7-19(31)2)29-27-18-25(30-32(23)27)22-12-10-21(11-13-22)16-24(33)15-20-8-9-20/h7,9-14,16,19-21H,3-6,8,15,17-18H2,1-2H3;9,12,16-19,23H,3-8,10-11,13-15H2,1-2H3;10-11,13-14,18-21H,3-9,12,15-17H2,1-2H3;10-13,17-20H,3-9,14-16H2,1-2H3. The molecule has 0 radical (unpaired) electrons. The number of ether oxygens (including phenoxy) is 1. The number of carbonyl (C=O) groups is 8. The van der Waals surface area contributed by atoms with Gasteiger partial charge in [0.15, 0.2) is 22.6 Å². The molecule has 5 aliphatic heterocycles. The Kier molecular flexibility index (Phi) is 33.9. The largest absolute Gasteiger partial charge is 0.378 e. The van der Waals surface area contributed by atoms with Crippen molar-refractivity contribution in [2.75, 3.05) is 32.8 Å². The monoisotopic (exact) mass is 1950 g/mol. The van der Waals surface area contributed by atoms with Crippen LogP contribution in [0.2, 0.25) is 0 Å². The molecule has 13 aromatic rings. The Morgan fingerprint density at radius 2 is 0.667 bits per heavy atom. The molecule has 144 heavy (non-hydrogen) atoms. The molecule has 5 unspecified atom stereocenters. The summed E-state index contributed by atoms with van der Waals surface area (Å²) >= 11 is 0. The average molecular weight is 1950 g/mol. The molecule has 5 saturated heterocycles. The van der Waals surface area contributed by atoms with Crippen LogP contribution in [0.1, 0.15) is 315 Å². The van der Waals surface area contributed by atoms with E-state index in [9.17, 15) is 42.7 Å². The number of aryl methyl sites for hydroxylation is 4. The topological polar surface area (TPSA) is 280 Å². The number of rotatable bonds is 30. The Morgan fingerprint density at radius 1 is 0.326 bits per heavy atom. The lowest BCUT2D eigenvalue weighted by Gasteiger charge is -2.33. The van der Waals surface area contributed by atoms with E-state index in [1.165, 1.54) is 69.6 Å². The highest BCUT2D eigenvalue weighted by molar-refractivity contribution is 5.96. The van der Waals surface area contributed by atoms with Gasteiger partial charge in [-0.2, -0.15) is 20.4 Å². The van der Waals surface area contributed by atoms with Gasteiger partial charge in [0.05, 0.1) is 28.9 Å². The molecule has 2 saturated carbocycles. The Hall–Kier alpha value is -13.0. The van der Waals surface area contributed by atoms with Crippen LogP contribution in [0.4, 0.5) is 8.78 Å². The molecule has 7 aliphatic rings. The summed E-state index contributed by atoms with van der Waals surface area (Å²) in [5, 5.41) is 19.0. The highest BCUT2D eigenvalue weighted by Gasteiger charge is 2.33. The van der Waals surface area contributed by atoms with Crippen LogP contribution in [-0.2, 0) is 81.7 Å². The van der Waals surface area contributed by atoms with Crippen molar-refractivity contribution in [1.82, 2.24) is 78.0 Å². The summed E-state index contributed by atoms with van der Waals surface area (Å²) in [6.45, 7) is 20.6. The molecule has 2 aliphatic carbocycles. The summed E-state index contributed by atoms with van der Waals surface area (Å²) in [6, 6.07) is 50.9. The molecule has 754 valence electrons. The number of piperidine rings is 1. The molecule has 0 N–H and O–H groups in total. The number of carbonyl (C=O) groups excluding carboxylic acids is 8. The fourth-order valence-corrected chi connectivity index (χ4v) is 20.8. The molecule has 20 rings (SSSR count). The maximum atomic E-state index is 15.2. The number of nitrogens with zero attached hydrogens (tertiary/aromatic N) is 16. The molecule has 27 heteroatoms. The van der Waals surface area contributed by atoms with Gasteiger partial charge in [0.2, 0.25) is 0 Å². The third-order valence-electron chi connectivity index (χ3n) is 29.8. The van der Waals surface area contributed by atoms with E-state index in [4.69, 9.17) is 35.0 Å². The van der Waals surface area contributed by atoms with E-state index >= 15 is 4.39 Å². The van der Waals surface area contributed by atoms with Crippen molar-refractivity contribution in [3.8, 4) is 45.0 Å². The van der Waals surface area contributed by atoms with E-state index in [1.807, 2.05) is 149 Å². The quantitative estimate of drug-likeness (QED) is 0.0404. The number of hydrogen-bond acceptors (Lipinski definition) is 17. The first-order chi connectivity index (χ1) is 69.9. The summed E-state index contributed by atoms with van der Waals surface area (Å²) in [4.78, 5) is 129. The summed E-state index contributed by atoms with van der Waals surface area (Å²) in [6.07, 6.45) is 31.9. The number of aromatic nitrogens is 12. The molecular formula is C117H138F2N16O9. The minimum Gasteiger partial charge on any atom is -0.378 e. The van der Waals surface area contributed by atoms with Crippen LogP contribution in [-0.4, -0.2) is 188 Å². The first kappa shape index (κ1) is 102. The van der Waals surface area contributed by atoms with Crippen LogP contribution >= 0.6 is 0 Å². The summed E-state index contributed by atoms with van der Waals surface area (Å²) in [7, 11) is 0. The lowest BCUT2D eigenvalue weighted by Crippen LogP contribution is -2.42. The van der Waals surface area contributed by atoms with Crippen molar-refractivity contribution in [3.63, 3.8) is 0 Å². The second-order valence-electron chi connectivity index (χ2n) is 41.0. The van der Waals surface area contributed by atoms with Gasteiger partial charge in [-0.15, -0.1) is 0 Å². The van der Waals surface area contributed by atoms with E-state index in [0.717, 1.165) is 234 Å². The maximum Gasteiger partial charge on any atom is 0.272 e. The molecule has 4 amide bonds. The van der Waals surface area contributed by atoms with Crippen molar-refractivity contribution < 1.29 is 51.9 Å². The Morgan fingerprint density at radius 3 is 1.04 bits per heavy atom. The van der Waals surface area contributed by atoms with Crippen LogP contribution in [0, 0.1) is 23.5 Å². The van der Waals surface area contributed by atoms with Crippen LogP contribution in [0.15, 0.2) is 164 Å². The summed E-state index contributed by atoms with van der Waals surface area (Å²) in [5.74, 6) is 1.41. The first-order valence-corrected chi connectivity index (χ1v) is 53.2. The van der Waals surface area contributed by atoms with Crippen molar-refractivity contribution in [2.24, 2.45) is 11.8 Å². The Bertz CT molecular complexity index is 6770. The van der Waals surface area contributed by atoms with Crippen LogP contribution in [0.3, 0.4) is 0 Å². The molecule has 5 aromatic carbocycles. The zero-order valence-corrected chi connectivity index (χ0v) is 85.0. The van der Waals surface area contributed by atoms with E-state index < -0.39 is 5.82 Å². The number of Topliss-reactive ketones (excluding diaryl/α,β-unsaturated/α-hetero) is 4. The lowest BCUT2D eigenvalue weighted by molar-refractivity contribution is -0.119. The molecule has 25 nitrogen and oxygen atoms in total. The van der Waals surface area contributed by atoms with Crippen molar-refractivity contribution in [3.05, 3.63) is 249 Å². The van der Waals surface area contributed by atoms with Crippen molar-refractivity contribution in [2.45, 2.75) is 310 Å². The van der Waals surface area contributed by atoms with Crippen molar-refractivity contribution in [1.29, 1.82) is 0 Å². The second kappa shape index (κ2) is 47.7. The van der Waals surface area contributed by atoms with Crippen LogP contribution < -0.4 is 0 Å². The normalized spacial score (nSPS) is 18.3. The second-order valence-corrected chi connectivity index (χ2v) is 41.0. The van der Waals surface area contributed by atoms with Crippen LogP contribution in [0.25, 0.3) is 67.6 Å². The zero-order valence-electron chi connectivity index (χ0n) is 85.0. The van der Waals surface area contributed by atoms with Gasteiger partial charge < -0.3 is 24.3 Å². The van der Waals surface area contributed by atoms with Gasteiger partial charge in [-0.25, -0.2) is 46.8 Å². The first-order valence-electron chi connectivity index (χ1n) is 53.2. The van der Waals surface area contributed by atoms with E-state index in [2.05, 4.69) is 58.5 Å². The molecule has 7 fully saturated rings. The molecule has 8 aromatic heterocycles. The van der Waals surface area contributed by atoms with Gasteiger partial charge in [0.25, 0.3) is 23.6 Å². The number of benzene rings is 5. The zero-order chi connectivity index (χ0) is 101. The summed E-state index contributed by atoms with van der Waals surface area (Å²) < 4.78 is 41.4. The highest BCUT2D eigenvalue weighted by Crippen LogP contribution is 2.37. The minimum absolute atomic E-state index is 0.00777. The third kappa shape index (κ3) is 25.8. The molecular weight excluding hydrogens is 1810 g/mol. The molecule has 0 spiro atoms. The van der Waals surface area contributed by atoms with E-state index in [1.54, 1.807) is 40.9 Å². The van der Waals surface area contributed by atoms with E-state index in [-0.39, 0.29) is 90.5 Å². The number of amides is 4. The number of halogens is 2. The van der Waals surface area contributed by atoms with Crippen LogP contribution in [0.5, 0.6) is 0 Å². The molecule has 5 atom stereocenters. The molecule has 13 heterocycles. The van der Waals surface area contributed by atoms with Gasteiger partial charge >= 0.3 is 0 Å². The fraction of sp³-hybridized carbons (Fsp3) is 0.470. The SMILES string of the molecule is CCc1cc(C(=O)N2CCCCC2C)nc2cc(-c3ccc(CC(=O)CCC4CCCO4)cc3F)nn12.CCc1cc(C(=O)N2CCCCCC2C)nc2cc(-c3ccc(CC(=O)CC4CC4)cc3)nn12.CCc1cc(C(=O)N2CCCCCC2C)nc2cc(-c3ccc(CC(=O)CCC4CC4)cc3)nn12.CCc1cc(C(=O)N2CCCCCC2C)nc2cc(-c3ccc(CC(=O)Cc4cccc(F)c4)cc3)nn12. The van der Waals surface area contributed by atoms with Gasteiger partial charge in [0, 0.05) is 178 Å². The fourth-order valence-electron chi connectivity index (χ4n) is 20.8. The Labute approximate surface area is 843 Å². The average Bonchev–Trinajstić information content (AvgIpc) is 1.63. The predicted octanol–water partition coefficient (Wildman–Crippen LogP) is 22.0. The maximum absolute atomic E-state index is 15.2. The summed E-state index contributed by atoms with van der Waals surface area (Å²) in [5.41, 5.74) is 18.6.